The van der Waals surface area contributed by atoms with E-state index in [9.17, 15) is 27.5 Å². The average Bonchev–Trinajstić information content (AvgIpc) is 2.67. The molecule has 0 aromatic heterocycles. The van der Waals surface area contributed by atoms with Gasteiger partial charge in [0.05, 0.1) is 17.0 Å². The lowest BCUT2D eigenvalue weighted by Gasteiger charge is -2.34. The molecule has 7 nitrogen and oxygen atoms in total. The maximum Gasteiger partial charge on any atom is 0.337 e. The van der Waals surface area contributed by atoms with Crippen molar-refractivity contribution in [2.24, 2.45) is 5.92 Å². The van der Waals surface area contributed by atoms with Crippen molar-refractivity contribution in [3.05, 3.63) is 41.7 Å². The van der Waals surface area contributed by atoms with Crippen molar-refractivity contribution in [3.8, 4) is 0 Å². The first-order valence-corrected chi connectivity index (χ1v) is 10.2. The third kappa shape index (κ3) is 4.03. The van der Waals surface area contributed by atoms with E-state index in [1.165, 1.54) is 39.5 Å². The van der Waals surface area contributed by atoms with Crippen molar-refractivity contribution in [1.29, 1.82) is 0 Å². The van der Waals surface area contributed by atoms with Gasteiger partial charge >= 0.3 is 5.97 Å². The van der Waals surface area contributed by atoms with Gasteiger partial charge in [-0.1, -0.05) is 12.1 Å². The number of hydrogen-bond acceptors (Lipinski definition) is 4. The van der Waals surface area contributed by atoms with Gasteiger partial charge in [-0.2, -0.15) is 4.31 Å². The van der Waals surface area contributed by atoms with Crippen LogP contribution in [0.4, 0.5) is 4.39 Å². The summed E-state index contributed by atoms with van der Waals surface area (Å²) in [7, 11) is -3.96. The zero-order chi connectivity index (χ0) is 19.6. The number of carbonyl (C=O) groups is 2. The van der Waals surface area contributed by atoms with Gasteiger partial charge in [-0.25, -0.2) is 17.6 Å². The van der Waals surface area contributed by atoms with E-state index >= 15 is 0 Å². The van der Waals surface area contributed by atoms with Crippen LogP contribution in [-0.2, 0) is 14.8 Å². The summed E-state index contributed by atoms with van der Waals surface area (Å²) in [5, 5.41) is 9.24. The number of sulfonamides is 1. The molecule has 9 heteroatoms. The maximum atomic E-state index is 13.4. The molecule has 0 saturated carbocycles. The summed E-state index contributed by atoms with van der Waals surface area (Å²) in [6, 6.07) is 5.48. The van der Waals surface area contributed by atoms with E-state index < -0.39 is 16.0 Å². The summed E-state index contributed by atoms with van der Waals surface area (Å²) in [4.78, 5) is 25.1. The third-order valence-electron chi connectivity index (χ3n) is 4.96. The molecular formula is C18H21FN2O5S. The lowest BCUT2D eigenvalue weighted by Crippen LogP contribution is -2.45. The first-order valence-electron chi connectivity index (χ1n) is 8.76. The van der Waals surface area contributed by atoms with E-state index in [0.29, 0.717) is 25.8 Å². The Hall–Kier alpha value is -2.26. The van der Waals surface area contributed by atoms with Crippen LogP contribution in [0, 0.1) is 5.92 Å². The number of carboxylic acid groups (broad SMARTS) is 1. The van der Waals surface area contributed by atoms with E-state index in [1.54, 1.807) is 0 Å². The maximum absolute atomic E-state index is 13.4. The largest absolute Gasteiger partial charge is 0.478 e. The Morgan fingerprint density at radius 3 is 2.41 bits per heavy atom. The summed E-state index contributed by atoms with van der Waals surface area (Å²) in [6.07, 6.45) is 2.61. The summed E-state index contributed by atoms with van der Waals surface area (Å²) in [5.74, 6) is -2.13. The van der Waals surface area contributed by atoms with Crippen molar-refractivity contribution >= 4 is 21.9 Å². The fourth-order valence-corrected chi connectivity index (χ4v) is 5.15. The highest BCUT2D eigenvalue weighted by atomic mass is 32.2. The van der Waals surface area contributed by atoms with Gasteiger partial charge in [0.1, 0.15) is 5.83 Å². The van der Waals surface area contributed by atoms with Crippen molar-refractivity contribution in [2.45, 2.75) is 24.2 Å². The van der Waals surface area contributed by atoms with Crippen molar-refractivity contribution in [3.63, 3.8) is 0 Å². The standard InChI is InChI=1S/C18H21FN2O5S/c19-14-4-3-9-20(12-14)17(22)13-7-10-21(11-8-13)27(25,26)16-6-2-1-5-15(16)18(23)24/h1-2,4-6,13H,3,7-12H2,(H,23,24). The molecule has 0 spiro atoms. The van der Waals surface area contributed by atoms with Crippen LogP contribution in [0.1, 0.15) is 29.6 Å². The fourth-order valence-electron chi connectivity index (χ4n) is 3.50. The number of rotatable bonds is 4. The lowest BCUT2D eigenvalue weighted by atomic mass is 9.96. The van der Waals surface area contributed by atoms with E-state index in [0.717, 1.165) is 0 Å². The van der Waals surface area contributed by atoms with Crippen LogP contribution in [0.5, 0.6) is 0 Å². The van der Waals surface area contributed by atoms with Crippen molar-refractivity contribution in [1.82, 2.24) is 9.21 Å². The normalized spacial score (nSPS) is 19.6. The van der Waals surface area contributed by atoms with Gasteiger partial charge in [-0.3, -0.25) is 4.79 Å². The number of carbonyl (C=O) groups excluding carboxylic acids is 1. The molecule has 2 aliphatic rings. The zero-order valence-electron chi connectivity index (χ0n) is 14.7. The molecule has 3 rings (SSSR count). The number of amides is 1. The Bertz CT molecular complexity index is 875. The second-order valence-corrected chi connectivity index (χ2v) is 8.59. The minimum Gasteiger partial charge on any atom is -0.478 e. The molecule has 146 valence electrons. The van der Waals surface area contributed by atoms with Crippen LogP contribution in [-0.4, -0.2) is 60.8 Å². The molecule has 1 aromatic rings. The number of carboxylic acids is 1. The van der Waals surface area contributed by atoms with Crippen molar-refractivity contribution < 1.29 is 27.5 Å². The summed E-state index contributed by atoms with van der Waals surface area (Å²) >= 11 is 0. The topological polar surface area (TPSA) is 95.0 Å². The minimum atomic E-state index is -3.96. The first-order chi connectivity index (χ1) is 12.8. The van der Waals surface area contributed by atoms with E-state index in [-0.39, 0.29) is 47.7 Å². The van der Waals surface area contributed by atoms with Gasteiger partial charge in [0.2, 0.25) is 15.9 Å². The third-order valence-corrected chi connectivity index (χ3v) is 6.91. The quantitative estimate of drug-likeness (QED) is 0.838. The Balaban J connectivity index is 1.69. The number of halogens is 1. The average molecular weight is 396 g/mol. The molecular weight excluding hydrogens is 375 g/mol. The van der Waals surface area contributed by atoms with Crippen LogP contribution in [0.25, 0.3) is 0 Å². The number of aromatic carboxylic acids is 1. The second kappa shape index (κ2) is 7.77. The van der Waals surface area contributed by atoms with Gasteiger partial charge in [-0.05, 0) is 37.5 Å². The number of hydrogen-bond donors (Lipinski definition) is 1. The van der Waals surface area contributed by atoms with E-state index in [4.69, 9.17) is 0 Å². The van der Waals surface area contributed by atoms with Crippen LogP contribution < -0.4 is 0 Å². The van der Waals surface area contributed by atoms with Crippen LogP contribution in [0.2, 0.25) is 0 Å². The summed E-state index contributed by atoms with van der Waals surface area (Å²) in [5.41, 5.74) is -0.272. The molecule has 27 heavy (non-hydrogen) atoms. The second-order valence-electron chi connectivity index (χ2n) is 6.68. The van der Waals surface area contributed by atoms with Crippen molar-refractivity contribution in [2.75, 3.05) is 26.2 Å². The van der Waals surface area contributed by atoms with E-state index in [1.807, 2.05) is 0 Å². The Kier molecular flexibility index (Phi) is 5.61. The number of nitrogens with zero attached hydrogens (tertiary/aromatic N) is 2. The highest BCUT2D eigenvalue weighted by Crippen LogP contribution is 2.27. The Morgan fingerprint density at radius 2 is 1.78 bits per heavy atom. The monoisotopic (exact) mass is 396 g/mol. The predicted octanol–water partition coefficient (Wildman–Crippen LogP) is 1.87. The Labute approximate surface area is 157 Å². The van der Waals surface area contributed by atoms with E-state index in [2.05, 4.69) is 0 Å². The molecule has 0 atom stereocenters. The van der Waals surface area contributed by atoms with Gasteiger partial charge in [0, 0.05) is 25.6 Å². The van der Waals surface area contributed by atoms with Gasteiger partial charge in [0.15, 0.2) is 0 Å². The first kappa shape index (κ1) is 19.5. The van der Waals surface area contributed by atoms with Crippen LogP contribution in [0.15, 0.2) is 41.1 Å². The SMILES string of the molecule is O=C(O)c1ccccc1S(=O)(=O)N1CCC(C(=O)N2CCC=C(F)C2)CC1. The summed E-state index contributed by atoms with van der Waals surface area (Å²) < 4.78 is 40.3. The van der Waals surface area contributed by atoms with Gasteiger partial charge in [-0.15, -0.1) is 0 Å². The molecule has 0 aliphatic carbocycles. The smallest absolute Gasteiger partial charge is 0.337 e. The molecule has 1 fully saturated rings. The summed E-state index contributed by atoms with van der Waals surface area (Å²) in [6.45, 7) is 0.692. The number of piperidine rings is 1. The molecule has 0 bridgehead atoms. The molecule has 0 radical (unpaired) electrons. The molecule has 1 amide bonds. The highest BCUT2D eigenvalue weighted by Gasteiger charge is 2.35. The molecule has 1 saturated heterocycles. The lowest BCUT2D eigenvalue weighted by molar-refractivity contribution is -0.136. The Morgan fingerprint density at radius 1 is 1.11 bits per heavy atom. The molecule has 2 aliphatic heterocycles. The highest BCUT2D eigenvalue weighted by molar-refractivity contribution is 7.89. The van der Waals surface area contributed by atoms with Crippen LogP contribution >= 0.6 is 0 Å². The zero-order valence-corrected chi connectivity index (χ0v) is 15.5. The van der Waals surface area contributed by atoms with Crippen LogP contribution in [0.3, 0.4) is 0 Å². The molecule has 0 unspecified atom stereocenters. The number of benzene rings is 1. The fraction of sp³-hybridized carbons (Fsp3) is 0.444. The minimum absolute atomic E-state index is 0.0245. The molecule has 2 heterocycles. The van der Waals surface area contributed by atoms with Gasteiger partial charge < -0.3 is 10.0 Å². The predicted molar refractivity (Wildman–Crippen MR) is 95.3 cm³/mol. The molecule has 1 aromatic carbocycles. The van der Waals surface area contributed by atoms with Gasteiger partial charge in [0.25, 0.3) is 0 Å². The molecule has 1 N–H and O–H groups in total.